The molecule has 0 spiro atoms. The molecule has 1 amide bonds. The minimum absolute atomic E-state index is 0.0435. The largest absolute Gasteiger partial charge is 0.494 e. The monoisotopic (exact) mass is 690 g/mol. The normalized spacial score (nSPS) is 10.9. The van der Waals surface area contributed by atoms with Crippen LogP contribution in [0.4, 0.5) is 5.69 Å². The first-order valence-electron chi connectivity index (χ1n) is 13.0. The summed E-state index contributed by atoms with van der Waals surface area (Å²) < 4.78 is 24.3. The second-order valence-electron chi connectivity index (χ2n) is 8.94. The maximum absolute atomic E-state index is 12.7. The van der Waals surface area contributed by atoms with Crippen LogP contribution >= 0.6 is 31.9 Å². The van der Waals surface area contributed by atoms with E-state index in [1.165, 1.54) is 6.08 Å². The topological polar surface area (TPSA) is 89.8 Å². The summed E-state index contributed by atoms with van der Waals surface area (Å²) in [6.45, 7) is 3.16. The summed E-state index contributed by atoms with van der Waals surface area (Å²) in [5.74, 6) is 2.02. The first-order valence-corrected chi connectivity index (χ1v) is 14.6. The van der Waals surface area contributed by atoms with Crippen molar-refractivity contribution in [1.29, 1.82) is 5.26 Å². The van der Waals surface area contributed by atoms with E-state index in [9.17, 15) is 10.1 Å². The van der Waals surface area contributed by atoms with Crippen molar-refractivity contribution in [3.05, 3.63) is 116 Å². The van der Waals surface area contributed by atoms with Crippen LogP contribution in [0, 0.1) is 11.3 Å². The van der Waals surface area contributed by atoms with E-state index in [1.54, 1.807) is 43.5 Å². The molecule has 0 saturated heterocycles. The molecule has 0 bridgehead atoms. The van der Waals surface area contributed by atoms with Crippen LogP contribution in [0.5, 0.6) is 23.0 Å². The highest BCUT2D eigenvalue weighted by atomic mass is 79.9. The summed E-state index contributed by atoms with van der Waals surface area (Å²) in [6, 6.07) is 28.1. The third kappa shape index (κ3) is 8.38. The van der Waals surface area contributed by atoms with E-state index in [2.05, 4.69) is 37.2 Å². The maximum Gasteiger partial charge on any atom is 0.266 e. The third-order valence-corrected chi connectivity index (χ3v) is 7.15. The standard InChI is InChI=1S/C33H28Br2N2O5/c1-3-40-27-12-10-26(11-13-27)37-33(38)25(19-36)15-24-16-28(34)32(29(35)17-24)42-21-23-9-14-30(31(18-23)39-2)41-20-22-7-5-4-6-8-22/h4-18H,3,20-21H2,1-2H3,(H,37,38)/b25-15+. The number of halogens is 2. The van der Waals surface area contributed by atoms with Gasteiger partial charge in [0.15, 0.2) is 11.5 Å². The lowest BCUT2D eigenvalue weighted by Crippen LogP contribution is -2.13. The van der Waals surface area contributed by atoms with E-state index in [4.69, 9.17) is 18.9 Å². The molecule has 4 aromatic carbocycles. The van der Waals surface area contributed by atoms with E-state index < -0.39 is 5.91 Å². The number of benzene rings is 4. The Balaban J connectivity index is 1.41. The van der Waals surface area contributed by atoms with Gasteiger partial charge in [-0.05, 0) is 110 Å². The lowest BCUT2D eigenvalue weighted by Gasteiger charge is -2.14. The SMILES string of the molecule is CCOc1ccc(NC(=O)/C(C#N)=C/c2cc(Br)c(OCc3ccc(OCc4ccccc4)c(OC)c3)c(Br)c2)cc1. The number of hydrogen-bond acceptors (Lipinski definition) is 6. The molecule has 0 aromatic heterocycles. The molecule has 7 nitrogen and oxygen atoms in total. The zero-order valence-electron chi connectivity index (χ0n) is 23.0. The number of carbonyl (C=O) groups excluding carboxylic acids is 1. The number of nitriles is 1. The molecular formula is C33H28Br2N2O5. The summed E-state index contributed by atoms with van der Waals surface area (Å²) in [5, 5.41) is 12.4. The van der Waals surface area contributed by atoms with E-state index in [-0.39, 0.29) is 12.2 Å². The first-order chi connectivity index (χ1) is 20.4. The molecule has 0 fully saturated rings. The highest BCUT2D eigenvalue weighted by Gasteiger charge is 2.14. The lowest BCUT2D eigenvalue weighted by molar-refractivity contribution is -0.112. The number of anilines is 1. The van der Waals surface area contributed by atoms with Crippen LogP contribution in [-0.4, -0.2) is 19.6 Å². The van der Waals surface area contributed by atoms with Gasteiger partial charge in [0.2, 0.25) is 0 Å². The highest BCUT2D eigenvalue weighted by molar-refractivity contribution is 9.11. The predicted octanol–water partition coefficient (Wildman–Crippen LogP) is 8.32. The Morgan fingerprint density at radius 1 is 0.857 bits per heavy atom. The van der Waals surface area contributed by atoms with Crippen molar-refractivity contribution in [3.63, 3.8) is 0 Å². The second kappa shape index (κ2) is 15.1. The average Bonchev–Trinajstić information content (AvgIpc) is 3.00. The lowest BCUT2D eigenvalue weighted by atomic mass is 10.1. The van der Waals surface area contributed by atoms with Gasteiger partial charge in [0, 0.05) is 5.69 Å². The van der Waals surface area contributed by atoms with Crippen molar-refractivity contribution < 1.29 is 23.7 Å². The van der Waals surface area contributed by atoms with Gasteiger partial charge in [-0.2, -0.15) is 5.26 Å². The van der Waals surface area contributed by atoms with E-state index in [0.29, 0.717) is 56.4 Å². The Bertz CT molecular complexity index is 1580. The third-order valence-electron chi connectivity index (χ3n) is 5.97. The fraction of sp³-hybridized carbons (Fsp3) is 0.152. The minimum atomic E-state index is -0.514. The van der Waals surface area contributed by atoms with Crippen molar-refractivity contribution in [1.82, 2.24) is 0 Å². The van der Waals surface area contributed by atoms with Gasteiger partial charge in [0.25, 0.3) is 5.91 Å². The summed E-state index contributed by atoms with van der Waals surface area (Å²) in [4.78, 5) is 12.7. The molecule has 42 heavy (non-hydrogen) atoms. The Morgan fingerprint density at radius 2 is 1.55 bits per heavy atom. The van der Waals surface area contributed by atoms with Crippen LogP contribution in [0.15, 0.2) is 99.4 Å². The Hall–Kier alpha value is -4.26. The molecule has 0 atom stereocenters. The predicted molar refractivity (Wildman–Crippen MR) is 170 cm³/mol. The van der Waals surface area contributed by atoms with Crippen LogP contribution < -0.4 is 24.3 Å². The van der Waals surface area contributed by atoms with Crippen LogP contribution in [-0.2, 0) is 18.0 Å². The van der Waals surface area contributed by atoms with Crippen molar-refractivity contribution >= 4 is 49.5 Å². The zero-order chi connectivity index (χ0) is 29.9. The Labute approximate surface area is 261 Å². The maximum atomic E-state index is 12.7. The molecule has 4 rings (SSSR count). The Kier molecular flexibility index (Phi) is 11.0. The van der Waals surface area contributed by atoms with Crippen LogP contribution in [0.3, 0.4) is 0 Å². The molecule has 0 heterocycles. The number of hydrogen-bond donors (Lipinski definition) is 1. The summed E-state index contributed by atoms with van der Waals surface area (Å²) >= 11 is 7.10. The summed E-state index contributed by atoms with van der Waals surface area (Å²) in [6.07, 6.45) is 1.52. The minimum Gasteiger partial charge on any atom is -0.494 e. The smallest absolute Gasteiger partial charge is 0.266 e. The number of methoxy groups -OCH3 is 1. The zero-order valence-corrected chi connectivity index (χ0v) is 26.2. The second-order valence-corrected chi connectivity index (χ2v) is 10.7. The quantitative estimate of drug-likeness (QED) is 0.119. The van der Waals surface area contributed by atoms with Crippen molar-refractivity contribution in [2.45, 2.75) is 20.1 Å². The van der Waals surface area contributed by atoms with Crippen LogP contribution in [0.25, 0.3) is 6.08 Å². The first kappa shape index (κ1) is 30.7. The highest BCUT2D eigenvalue weighted by Crippen LogP contribution is 2.37. The van der Waals surface area contributed by atoms with Gasteiger partial charge in [-0.15, -0.1) is 0 Å². The fourth-order valence-corrected chi connectivity index (χ4v) is 5.38. The molecule has 9 heteroatoms. The molecule has 0 radical (unpaired) electrons. The molecule has 0 aliphatic heterocycles. The van der Waals surface area contributed by atoms with Gasteiger partial charge in [0.05, 0.1) is 22.7 Å². The van der Waals surface area contributed by atoms with Gasteiger partial charge >= 0.3 is 0 Å². The van der Waals surface area contributed by atoms with Crippen molar-refractivity contribution in [2.75, 3.05) is 19.0 Å². The average molecular weight is 692 g/mol. The number of carbonyl (C=O) groups is 1. The van der Waals surface area contributed by atoms with E-state index >= 15 is 0 Å². The number of nitrogens with one attached hydrogen (secondary N) is 1. The fourth-order valence-electron chi connectivity index (χ4n) is 3.93. The van der Waals surface area contributed by atoms with E-state index in [1.807, 2.05) is 61.5 Å². The van der Waals surface area contributed by atoms with Gasteiger partial charge in [-0.25, -0.2) is 0 Å². The van der Waals surface area contributed by atoms with Crippen molar-refractivity contribution in [3.8, 4) is 29.1 Å². The number of ether oxygens (including phenoxy) is 4. The molecule has 0 unspecified atom stereocenters. The molecular weight excluding hydrogens is 664 g/mol. The number of amides is 1. The van der Waals surface area contributed by atoms with Gasteiger partial charge in [0.1, 0.15) is 36.4 Å². The number of rotatable bonds is 12. The molecule has 0 saturated carbocycles. The summed E-state index contributed by atoms with van der Waals surface area (Å²) in [5.41, 5.74) is 3.11. The summed E-state index contributed by atoms with van der Waals surface area (Å²) in [7, 11) is 1.60. The van der Waals surface area contributed by atoms with Crippen LogP contribution in [0.2, 0.25) is 0 Å². The number of nitrogens with zero attached hydrogens (tertiary/aromatic N) is 1. The molecule has 4 aromatic rings. The van der Waals surface area contributed by atoms with E-state index in [0.717, 1.165) is 11.1 Å². The molecule has 214 valence electrons. The van der Waals surface area contributed by atoms with Gasteiger partial charge in [-0.3, -0.25) is 4.79 Å². The molecule has 0 aliphatic rings. The Morgan fingerprint density at radius 3 is 2.19 bits per heavy atom. The van der Waals surface area contributed by atoms with Crippen LogP contribution in [0.1, 0.15) is 23.6 Å². The molecule has 1 N–H and O–H groups in total. The van der Waals surface area contributed by atoms with Gasteiger partial charge < -0.3 is 24.3 Å². The van der Waals surface area contributed by atoms with Crippen molar-refractivity contribution in [2.24, 2.45) is 0 Å². The molecule has 0 aliphatic carbocycles. The van der Waals surface area contributed by atoms with Gasteiger partial charge in [-0.1, -0.05) is 36.4 Å².